The lowest BCUT2D eigenvalue weighted by Crippen LogP contribution is -2.49. The summed E-state index contributed by atoms with van der Waals surface area (Å²) < 4.78 is 30.5. The van der Waals surface area contributed by atoms with E-state index in [-0.39, 0.29) is 10.9 Å². The monoisotopic (exact) mass is 371 g/mol. The zero-order chi connectivity index (χ0) is 18.3. The maximum Gasteiger partial charge on any atom is 0.246 e. The summed E-state index contributed by atoms with van der Waals surface area (Å²) >= 11 is 0. The number of hydrogen-bond donors (Lipinski definition) is 1. The highest BCUT2D eigenvalue weighted by Gasteiger charge is 2.37. The minimum Gasteiger partial charge on any atom is -0.337 e. The van der Waals surface area contributed by atoms with Crippen LogP contribution in [0, 0.1) is 6.92 Å². The lowest BCUT2D eigenvalue weighted by Gasteiger charge is -2.34. The molecule has 0 saturated carbocycles. The summed E-state index contributed by atoms with van der Waals surface area (Å²) in [5.41, 5.74) is 1.51. The van der Waals surface area contributed by atoms with Crippen molar-refractivity contribution in [1.29, 1.82) is 0 Å². The Bertz CT molecular complexity index is 1060. The highest BCUT2D eigenvalue weighted by molar-refractivity contribution is 7.89. The zero-order valence-corrected chi connectivity index (χ0v) is 15.6. The molecule has 8 heteroatoms. The van der Waals surface area contributed by atoms with E-state index in [2.05, 4.69) is 15.3 Å². The number of benzene rings is 1. The molecule has 1 fully saturated rings. The predicted octanol–water partition coefficient (Wildman–Crippen LogP) is 1.61. The lowest BCUT2D eigenvalue weighted by molar-refractivity contribution is 0.258. The van der Waals surface area contributed by atoms with Gasteiger partial charge in [0, 0.05) is 50.7 Å². The van der Waals surface area contributed by atoms with Crippen LogP contribution in [0.5, 0.6) is 0 Å². The first-order chi connectivity index (χ1) is 12.5. The van der Waals surface area contributed by atoms with Gasteiger partial charge in [0.1, 0.15) is 10.7 Å². The molecule has 26 heavy (non-hydrogen) atoms. The van der Waals surface area contributed by atoms with Crippen LogP contribution in [0.15, 0.2) is 47.8 Å². The summed E-state index contributed by atoms with van der Waals surface area (Å²) in [5.74, 6) is 0.727. The average Bonchev–Trinajstić information content (AvgIpc) is 3.06. The molecule has 1 aromatic carbocycles. The Hall–Kier alpha value is -2.29. The minimum absolute atomic E-state index is 0.246. The second kappa shape index (κ2) is 6.46. The number of aromatic nitrogens is 3. The summed E-state index contributed by atoms with van der Waals surface area (Å²) in [6.07, 6.45) is 5.23. The van der Waals surface area contributed by atoms with E-state index in [4.69, 9.17) is 0 Å². The molecule has 0 amide bonds. The molecule has 3 heterocycles. The zero-order valence-electron chi connectivity index (χ0n) is 14.8. The standard InChI is InChI=1S/C18H21N5O2S/c1-13-10-14-4-3-5-16(17(14)21-11-13)26(24,25)23-9-6-19-12-15(23)18-20-7-8-22(18)2/h3-5,7-8,10-11,15,19H,6,9,12H2,1-2H3. The van der Waals surface area contributed by atoms with E-state index in [9.17, 15) is 8.42 Å². The van der Waals surface area contributed by atoms with Gasteiger partial charge in [-0.3, -0.25) is 4.98 Å². The number of sulfonamides is 1. The largest absolute Gasteiger partial charge is 0.337 e. The van der Waals surface area contributed by atoms with Gasteiger partial charge in [-0.25, -0.2) is 13.4 Å². The van der Waals surface area contributed by atoms with Crippen LogP contribution in [0.25, 0.3) is 10.9 Å². The molecule has 1 aliphatic heterocycles. The highest BCUT2D eigenvalue weighted by atomic mass is 32.2. The fourth-order valence-electron chi connectivity index (χ4n) is 3.47. The van der Waals surface area contributed by atoms with Crippen LogP contribution in [0.1, 0.15) is 17.4 Å². The summed E-state index contributed by atoms with van der Waals surface area (Å²) in [6, 6.07) is 6.90. The third-order valence-electron chi connectivity index (χ3n) is 4.75. The normalized spacial score (nSPS) is 19.1. The van der Waals surface area contributed by atoms with Gasteiger partial charge >= 0.3 is 0 Å². The molecule has 4 rings (SSSR count). The molecule has 0 radical (unpaired) electrons. The number of piperazine rings is 1. The van der Waals surface area contributed by atoms with Crippen LogP contribution >= 0.6 is 0 Å². The summed E-state index contributed by atoms with van der Waals surface area (Å²) in [4.78, 5) is 9.02. The third kappa shape index (κ3) is 2.80. The molecular formula is C18H21N5O2S. The minimum atomic E-state index is -3.72. The topological polar surface area (TPSA) is 80.1 Å². The first kappa shape index (κ1) is 17.1. The van der Waals surface area contributed by atoms with Crippen molar-refractivity contribution >= 4 is 20.9 Å². The van der Waals surface area contributed by atoms with E-state index in [0.717, 1.165) is 16.8 Å². The second-order valence-electron chi connectivity index (χ2n) is 6.57. The number of pyridine rings is 1. The van der Waals surface area contributed by atoms with Crippen LogP contribution < -0.4 is 5.32 Å². The van der Waals surface area contributed by atoms with Crippen LogP contribution in [0.2, 0.25) is 0 Å². The molecule has 0 bridgehead atoms. The predicted molar refractivity (Wildman–Crippen MR) is 99.2 cm³/mol. The maximum absolute atomic E-state index is 13.5. The molecule has 1 N–H and O–H groups in total. The van der Waals surface area contributed by atoms with Crippen molar-refractivity contribution in [3.8, 4) is 0 Å². The van der Waals surface area contributed by atoms with Gasteiger partial charge in [0.15, 0.2) is 0 Å². The summed E-state index contributed by atoms with van der Waals surface area (Å²) in [6.45, 7) is 3.47. The molecule has 0 aliphatic carbocycles. The van der Waals surface area contributed by atoms with Crippen molar-refractivity contribution in [2.24, 2.45) is 7.05 Å². The summed E-state index contributed by atoms with van der Waals surface area (Å²) in [5, 5.41) is 4.10. The Balaban J connectivity index is 1.84. The van der Waals surface area contributed by atoms with E-state index >= 15 is 0 Å². The molecule has 1 unspecified atom stereocenters. The van der Waals surface area contributed by atoms with Crippen molar-refractivity contribution in [2.75, 3.05) is 19.6 Å². The Morgan fingerprint density at radius 1 is 1.27 bits per heavy atom. The van der Waals surface area contributed by atoms with Crippen molar-refractivity contribution in [3.63, 3.8) is 0 Å². The summed E-state index contributed by atoms with van der Waals surface area (Å²) in [7, 11) is -1.84. The molecule has 1 atom stereocenters. The molecule has 7 nitrogen and oxygen atoms in total. The number of para-hydroxylation sites is 1. The number of imidazole rings is 1. The third-order valence-corrected chi connectivity index (χ3v) is 6.69. The number of nitrogens with zero attached hydrogens (tertiary/aromatic N) is 4. The Morgan fingerprint density at radius 3 is 2.88 bits per heavy atom. The van der Waals surface area contributed by atoms with Crippen LogP contribution in [0.3, 0.4) is 0 Å². The molecule has 0 spiro atoms. The number of hydrogen-bond acceptors (Lipinski definition) is 5. The second-order valence-corrected chi connectivity index (χ2v) is 8.43. The van der Waals surface area contributed by atoms with Crippen molar-refractivity contribution in [1.82, 2.24) is 24.2 Å². The Morgan fingerprint density at radius 2 is 2.12 bits per heavy atom. The van der Waals surface area contributed by atoms with E-state index in [0.29, 0.717) is 25.2 Å². The molecule has 3 aromatic rings. The number of rotatable bonds is 3. The van der Waals surface area contributed by atoms with Gasteiger partial charge in [0.05, 0.1) is 11.6 Å². The fraction of sp³-hybridized carbons (Fsp3) is 0.333. The molecule has 1 aliphatic rings. The SMILES string of the molecule is Cc1cnc2c(S(=O)(=O)N3CCNCC3c3nccn3C)cccc2c1. The van der Waals surface area contributed by atoms with Gasteiger partial charge in [-0.15, -0.1) is 0 Å². The molecule has 136 valence electrons. The highest BCUT2D eigenvalue weighted by Crippen LogP contribution is 2.31. The van der Waals surface area contributed by atoms with Crippen molar-refractivity contribution in [2.45, 2.75) is 17.9 Å². The first-order valence-corrected chi connectivity index (χ1v) is 9.97. The Labute approximate surface area is 152 Å². The van der Waals surface area contributed by atoms with E-state index in [1.165, 1.54) is 0 Å². The average molecular weight is 371 g/mol. The quantitative estimate of drug-likeness (QED) is 0.757. The van der Waals surface area contributed by atoms with Crippen molar-refractivity contribution in [3.05, 3.63) is 54.2 Å². The van der Waals surface area contributed by atoms with Gasteiger partial charge < -0.3 is 9.88 Å². The van der Waals surface area contributed by atoms with Crippen LogP contribution in [-0.2, 0) is 17.1 Å². The molecule has 1 saturated heterocycles. The van der Waals surface area contributed by atoms with Crippen molar-refractivity contribution < 1.29 is 8.42 Å². The van der Waals surface area contributed by atoms with Gasteiger partial charge in [0.2, 0.25) is 10.0 Å². The van der Waals surface area contributed by atoms with Gasteiger partial charge in [-0.05, 0) is 24.6 Å². The van der Waals surface area contributed by atoms with Gasteiger partial charge in [0.25, 0.3) is 0 Å². The lowest BCUT2D eigenvalue weighted by atomic mass is 10.2. The molecule has 2 aromatic heterocycles. The van der Waals surface area contributed by atoms with Crippen LogP contribution in [-0.4, -0.2) is 46.9 Å². The van der Waals surface area contributed by atoms with E-state index in [1.54, 1.807) is 28.8 Å². The number of aryl methyl sites for hydroxylation is 2. The number of fused-ring (bicyclic) bond motifs is 1. The van der Waals surface area contributed by atoms with E-state index in [1.807, 2.05) is 36.9 Å². The maximum atomic E-state index is 13.5. The fourth-order valence-corrected chi connectivity index (χ4v) is 5.22. The van der Waals surface area contributed by atoms with Gasteiger partial charge in [-0.1, -0.05) is 12.1 Å². The van der Waals surface area contributed by atoms with Crippen LogP contribution in [0.4, 0.5) is 0 Å². The van der Waals surface area contributed by atoms with Gasteiger partial charge in [-0.2, -0.15) is 4.31 Å². The smallest absolute Gasteiger partial charge is 0.246 e. The Kier molecular flexibility index (Phi) is 4.26. The number of nitrogens with one attached hydrogen (secondary N) is 1. The first-order valence-electron chi connectivity index (χ1n) is 8.53. The van der Waals surface area contributed by atoms with E-state index < -0.39 is 10.0 Å². The molecular weight excluding hydrogens is 350 g/mol.